The van der Waals surface area contributed by atoms with Crippen molar-refractivity contribution in [2.24, 2.45) is 5.73 Å². The van der Waals surface area contributed by atoms with Crippen LogP contribution in [0.4, 0.5) is 0 Å². The summed E-state index contributed by atoms with van der Waals surface area (Å²) in [4.78, 5) is 15.4. The Balaban J connectivity index is 2.22. The van der Waals surface area contributed by atoms with E-state index in [-0.39, 0.29) is 0 Å². The number of methoxy groups -OCH3 is 1. The van der Waals surface area contributed by atoms with Crippen LogP contribution in [0, 0.1) is 12.1 Å². The van der Waals surface area contributed by atoms with E-state index in [0.717, 1.165) is 16.5 Å². The lowest BCUT2D eigenvalue weighted by Gasteiger charge is -2.09. The highest BCUT2D eigenvalue weighted by atomic mass is 16.5. The molecule has 2 N–H and O–H groups in total. The van der Waals surface area contributed by atoms with Crippen LogP contribution in [0.15, 0.2) is 24.4 Å². The van der Waals surface area contributed by atoms with Crippen LogP contribution in [0.1, 0.15) is 5.56 Å². The van der Waals surface area contributed by atoms with E-state index in [0.29, 0.717) is 6.42 Å². The van der Waals surface area contributed by atoms with Gasteiger partial charge in [-0.05, 0) is 30.2 Å². The van der Waals surface area contributed by atoms with Gasteiger partial charge in [0.15, 0.2) is 0 Å². The highest BCUT2D eigenvalue weighted by Crippen LogP contribution is 2.12. The first-order valence-electron chi connectivity index (χ1n) is 5.21. The molecule has 0 bridgehead atoms. The molecule has 2 aromatic rings. The van der Waals surface area contributed by atoms with Crippen LogP contribution in [0.3, 0.4) is 0 Å². The Morgan fingerprint density at radius 1 is 1.59 bits per heavy atom. The third kappa shape index (κ3) is 2.52. The predicted octanol–water partition coefficient (Wildman–Crippen LogP) is 0.878. The number of carbonyl (C=O) groups is 1. The van der Waals surface area contributed by atoms with Crippen molar-refractivity contribution in [1.29, 1.82) is 0 Å². The Labute approximate surface area is 99.4 Å². The number of esters is 1. The fourth-order valence-electron chi connectivity index (χ4n) is 1.62. The number of nitrogens with zero attached hydrogens (tertiary/aromatic N) is 1. The summed E-state index contributed by atoms with van der Waals surface area (Å²) in [5.74, 6) is -0.411. The van der Waals surface area contributed by atoms with Gasteiger partial charge < -0.3 is 10.5 Å². The molecule has 4 heteroatoms. The zero-order valence-electron chi connectivity index (χ0n) is 9.43. The molecule has 0 radical (unpaired) electrons. The summed E-state index contributed by atoms with van der Waals surface area (Å²) in [6.07, 6.45) is 2.00. The molecule has 0 aliphatic heterocycles. The number of hydrogen-bond acceptors (Lipinski definition) is 4. The number of ether oxygens (including phenoxy) is 1. The lowest BCUT2D eigenvalue weighted by molar-refractivity contribution is -0.142. The molecule has 0 spiro atoms. The second-order valence-corrected chi connectivity index (χ2v) is 3.71. The fourth-order valence-corrected chi connectivity index (χ4v) is 1.62. The molecule has 2 rings (SSSR count). The van der Waals surface area contributed by atoms with Crippen molar-refractivity contribution in [3.05, 3.63) is 42.1 Å². The Bertz CT molecular complexity index is 540. The zero-order chi connectivity index (χ0) is 12.3. The van der Waals surface area contributed by atoms with E-state index < -0.39 is 12.0 Å². The van der Waals surface area contributed by atoms with Crippen LogP contribution < -0.4 is 5.73 Å². The summed E-state index contributed by atoms with van der Waals surface area (Å²) in [5.41, 5.74) is 7.46. The molecule has 86 valence electrons. The molecule has 0 aliphatic carbocycles. The molecule has 1 heterocycles. The van der Waals surface area contributed by atoms with E-state index in [1.54, 1.807) is 6.20 Å². The molecular formula is C13H12N2O2. The molecule has 17 heavy (non-hydrogen) atoms. The van der Waals surface area contributed by atoms with Crippen molar-refractivity contribution in [3.8, 4) is 0 Å². The van der Waals surface area contributed by atoms with Crippen molar-refractivity contribution in [2.45, 2.75) is 12.5 Å². The summed E-state index contributed by atoms with van der Waals surface area (Å²) >= 11 is 0. The van der Waals surface area contributed by atoms with Gasteiger partial charge in [0, 0.05) is 0 Å². The van der Waals surface area contributed by atoms with E-state index >= 15 is 0 Å². The topological polar surface area (TPSA) is 65.2 Å². The van der Waals surface area contributed by atoms with E-state index in [1.165, 1.54) is 7.11 Å². The lowest BCUT2D eigenvalue weighted by Crippen LogP contribution is -2.33. The third-order valence-corrected chi connectivity index (χ3v) is 2.50. The average molecular weight is 228 g/mol. The summed E-state index contributed by atoms with van der Waals surface area (Å²) in [6, 6.07) is 10.8. The number of hydrogen-bond donors (Lipinski definition) is 1. The number of carbonyl (C=O) groups excluding carboxylic acids is 1. The first-order chi connectivity index (χ1) is 8.20. The second kappa shape index (κ2) is 4.81. The lowest BCUT2D eigenvalue weighted by atomic mass is 10.1. The summed E-state index contributed by atoms with van der Waals surface area (Å²) in [7, 11) is 1.33. The molecule has 1 atom stereocenters. The molecule has 4 nitrogen and oxygen atoms in total. The molecule has 0 saturated carbocycles. The SMILES string of the molecule is COC(=O)C(N)Cc1ccc2c#ccnc2c1. The minimum atomic E-state index is -0.642. The first-order valence-corrected chi connectivity index (χ1v) is 5.21. The maximum absolute atomic E-state index is 11.2. The van der Waals surface area contributed by atoms with Gasteiger partial charge in [-0.15, -0.1) is 0 Å². The Morgan fingerprint density at radius 2 is 2.41 bits per heavy atom. The number of nitrogens with two attached hydrogens (primary N) is 1. The molecule has 1 unspecified atom stereocenters. The molecule has 0 amide bonds. The number of rotatable bonds is 3. The largest absolute Gasteiger partial charge is 0.468 e. The van der Waals surface area contributed by atoms with Crippen molar-refractivity contribution in [1.82, 2.24) is 4.98 Å². The maximum Gasteiger partial charge on any atom is 0.322 e. The van der Waals surface area contributed by atoms with Gasteiger partial charge in [-0.25, -0.2) is 4.98 Å². The van der Waals surface area contributed by atoms with Crippen LogP contribution in [0.25, 0.3) is 10.9 Å². The standard InChI is InChI=1S/C13H12N2O2/c1-17-13(16)11(14)7-9-4-5-10-3-2-6-15-12(10)8-9/h4-6,8,11H,7,14H2,1H3. The zero-order valence-corrected chi connectivity index (χ0v) is 9.43. The van der Waals surface area contributed by atoms with Gasteiger partial charge in [-0.2, -0.15) is 0 Å². The van der Waals surface area contributed by atoms with Crippen LogP contribution in [0.2, 0.25) is 0 Å². The van der Waals surface area contributed by atoms with Crippen LogP contribution >= 0.6 is 0 Å². The molecule has 0 fully saturated rings. The van der Waals surface area contributed by atoms with E-state index in [4.69, 9.17) is 5.73 Å². The third-order valence-electron chi connectivity index (χ3n) is 2.50. The molecule has 0 saturated heterocycles. The highest BCUT2D eigenvalue weighted by molar-refractivity contribution is 5.78. The quantitative estimate of drug-likeness (QED) is 0.792. The predicted molar refractivity (Wildman–Crippen MR) is 63.1 cm³/mol. The highest BCUT2D eigenvalue weighted by Gasteiger charge is 2.14. The van der Waals surface area contributed by atoms with Crippen molar-refractivity contribution < 1.29 is 9.53 Å². The average Bonchev–Trinajstić information content (AvgIpc) is 2.37. The molecule has 0 aliphatic rings. The van der Waals surface area contributed by atoms with Crippen molar-refractivity contribution in [2.75, 3.05) is 7.11 Å². The fraction of sp³-hybridized carbons (Fsp3) is 0.231. The van der Waals surface area contributed by atoms with E-state index in [2.05, 4.69) is 21.9 Å². The minimum Gasteiger partial charge on any atom is -0.468 e. The Morgan fingerprint density at radius 3 is 3.18 bits per heavy atom. The first kappa shape index (κ1) is 11.4. The molecule has 1 aromatic heterocycles. The van der Waals surface area contributed by atoms with E-state index in [1.807, 2.05) is 18.2 Å². The Kier molecular flexibility index (Phi) is 3.22. The number of fused-ring (bicyclic) bond motifs is 1. The molecular weight excluding hydrogens is 216 g/mol. The van der Waals surface area contributed by atoms with Gasteiger partial charge in [0.2, 0.25) is 0 Å². The van der Waals surface area contributed by atoms with Gasteiger partial charge in [0.05, 0.1) is 24.2 Å². The smallest absolute Gasteiger partial charge is 0.322 e. The second-order valence-electron chi connectivity index (χ2n) is 3.71. The van der Waals surface area contributed by atoms with Gasteiger partial charge in [-0.1, -0.05) is 12.1 Å². The van der Waals surface area contributed by atoms with Crippen LogP contribution in [-0.2, 0) is 16.0 Å². The normalized spacial score (nSPS) is 11.9. The minimum absolute atomic E-state index is 0.411. The van der Waals surface area contributed by atoms with Gasteiger partial charge in [0.1, 0.15) is 6.04 Å². The molecule has 1 aromatic carbocycles. The summed E-state index contributed by atoms with van der Waals surface area (Å²) in [6.45, 7) is 0. The summed E-state index contributed by atoms with van der Waals surface area (Å²) < 4.78 is 4.58. The number of benzene rings is 1. The summed E-state index contributed by atoms with van der Waals surface area (Å²) in [5, 5.41) is 0.892. The number of aromatic nitrogens is 1. The van der Waals surface area contributed by atoms with Crippen LogP contribution in [-0.4, -0.2) is 24.1 Å². The van der Waals surface area contributed by atoms with Crippen molar-refractivity contribution >= 4 is 16.9 Å². The Hall–Kier alpha value is -2.12. The maximum atomic E-state index is 11.2. The monoisotopic (exact) mass is 228 g/mol. The van der Waals surface area contributed by atoms with Gasteiger partial charge in [0.25, 0.3) is 0 Å². The van der Waals surface area contributed by atoms with Gasteiger partial charge in [-0.3, -0.25) is 4.79 Å². The van der Waals surface area contributed by atoms with Gasteiger partial charge >= 0.3 is 5.97 Å². The van der Waals surface area contributed by atoms with E-state index in [9.17, 15) is 4.79 Å². The van der Waals surface area contributed by atoms with Crippen LogP contribution in [0.5, 0.6) is 0 Å². The van der Waals surface area contributed by atoms with Crippen molar-refractivity contribution in [3.63, 3.8) is 0 Å².